The molecule has 4 rings (SSSR count). The van der Waals surface area contributed by atoms with E-state index in [-0.39, 0.29) is 10.9 Å². The predicted octanol–water partition coefficient (Wildman–Crippen LogP) is 5.86. The Kier molecular flexibility index (Phi) is 6.31. The molecule has 0 bridgehead atoms. The zero-order valence-corrected chi connectivity index (χ0v) is 18.6. The third-order valence-electron chi connectivity index (χ3n) is 4.30. The van der Waals surface area contributed by atoms with E-state index in [1.165, 1.54) is 11.3 Å². The summed E-state index contributed by atoms with van der Waals surface area (Å²) >= 11 is 12.5. The van der Waals surface area contributed by atoms with Gasteiger partial charge in [-0.3, -0.25) is 10.1 Å². The van der Waals surface area contributed by atoms with Crippen LogP contribution in [0.1, 0.15) is 10.6 Å². The molecule has 0 fully saturated rings. The van der Waals surface area contributed by atoms with Crippen molar-refractivity contribution in [3.8, 4) is 28.3 Å². The number of rotatable bonds is 5. The van der Waals surface area contributed by atoms with E-state index in [0.717, 1.165) is 22.6 Å². The van der Waals surface area contributed by atoms with Gasteiger partial charge in [-0.05, 0) is 72.9 Å². The number of hydrogen-bond acceptors (Lipinski definition) is 6. The Morgan fingerprint density at radius 1 is 1.06 bits per heavy atom. The van der Waals surface area contributed by atoms with Gasteiger partial charge in [0.25, 0.3) is 5.91 Å². The number of thiazole rings is 1. The molecular formula is C22H16ClN3O3S2. The van der Waals surface area contributed by atoms with Gasteiger partial charge in [0.15, 0.2) is 16.0 Å². The van der Waals surface area contributed by atoms with E-state index < -0.39 is 5.91 Å². The van der Waals surface area contributed by atoms with Crippen LogP contribution in [0.5, 0.6) is 5.75 Å². The summed E-state index contributed by atoms with van der Waals surface area (Å²) in [4.78, 5) is 16.9. The molecule has 9 heteroatoms. The second-order valence-corrected chi connectivity index (χ2v) is 8.05. The molecule has 0 aliphatic rings. The summed E-state index contributed by atoms with van der Waals surface area (Å²) in [6.07, 6.45) is 0. The van der Waals surface area contributed by atoms with Crippen LogP contribution in [0.2, 0.25) is 5.02 Å². The quantitative estimate of drug-likeness (QED) is 0.356. The van der Waals surface area contributed by atoms with Crippen molar-refractivity contribution in [2.75, 3.05) is 12.4 Å². The molecule has 0 saturated carbocycles. The van der Waals surface area contributed by atoms with Gasteiger partial charge in [-0.1, -0.05) is 11.6 Å². The van der Waals surface area contributed by atoms with E-state index in [4.69, 9.17) is 33.0 Å². The van der Waals surface area contributed by atoms with Gasteiger partial charge in [0.1, 0.15) is 11.5 Å². The van der Waals surface area contributed by atoms with Gasteiger partial charge in [-0.25, -0.2) is 4.98 Å². The van der Waals surface area contributed by atoms with Crippen LogP contribution >= 0.6 is 35.2 Å². The van der Waals surface area contributed by atoms with Crippen molar-refractivity contribution < 1.29 is 13.9 Å². The number of ether oxygens (including phenoxy) is 1. The lowest BCUT2D eigenvalue weighted by molar-refractivity contribution is 0.0951. The van der Waals surface area contributed by atoms with E-state index in [9.17, 15) is 4.79 Å². The van der Waals surface area contributed by atoms with Crippen molar-refractivity contribution in [1.29, 1.82) is 0 Å². The number of methoxy groups -OCH3 is 1. The average Bonchev–Trinajstić information content (AvgIpc) is 3.44. The minimum absolute atomic E-state index is 0.130. The zero-order valence-electron chi connectivity index (χ0n) is 16.2. The number of carbonyl (C=O) groups is 1. The van der Waals surface area contributed by atoms with E-state index in [0.29, 0.717) is 15.9 Å². The summed E-state index contributed by atoms with van der Waals surface area (Å²) in [5.74, 6) is 1.03. The third kappa shape index (κ3) is 5.11. The van der Waals surface area contributed by atoms with Crippen molar-refractivity contribution in [3.05, 3.63) is 76.8 Å². The van der Waals surface area contributed by atoms with Crippen LogP contribution in [0.25, 0.3) is 22.6 Å². The molecule has 0 aliphatic carbocycles. The van der Waals surface area contributed by atoms with Crippen molar-refractivity contribution in [1.82, 2.24) is 10.3 Å². The van der Waals surface area contributed by atoms with E-state index in [1.54, 1.807) is 31.4 Å². The minimum Gasteiger partial charge on any atom is -0.497 e. The lowest BCUT2D eigenvalue weighted by Crippen LogP contribution is -2.33. The fraction of sp³-hybridized carbons (Fsp3) is 0.0455. The van der Waals surface area contributed by atoms with Gasteiger partial charge >= 0.3 is 0 Å². The highest BCUT2D eigenvalue weighted by molar-refractivity contribution is 7.80. The Bertz CT molecular complexity index is 1220. The summed E-state index contributed by atoms with van der Waals surface area (Å²) in [5.41, 5.74) is 2.56. The van der Waals surface area contributed by atoms with Crippen LogP contribution in [0, 0.1) is 0 Å². The monoisotopic (exact) mass is 469 g/mol. The zero-order chi connectivity index (χ0) is 21.8. The first-order valence-electron chi connectivity index (χ1n) is 9.10. The normalized spacial score (nSPS) is 10.5. The molecule has 2 aromatic carbocycles. The van der Waals surface area contributed by atoms with Gasteiger partial charge in [0, 0.05) is 21.5 Å². The van der Waals surface area contributed by atoms with Crippen LogP contribution in [0.15, 0.2) is 70.5 Å². The number of nitrogens with one attached hydrogen (secondary N) is 2. The molecular weight excluding hydrogens is 454 g/mol. The highest BCUT2D eigenvalue weighted by Gasteiger charge is 2.15. The van der Waals surface area contributed by atoms with Crippen molar-refractivity contribution in [3.63, 3.8) is 0 Å². The molecule has 2 aromatic heterocycles. The molecule has 1 amide bonds. The van der Waals surface area contributed by atoms with E-state index in [1.807, 2.05) is 41.8 Å². The van der Waals surface area contributed by atoms with Crippen molar-refractivity contribution in [2.24, 2.45) is 0 Å². The number of hydrogen-bond donors (Lipinski definition) is 2. The molecule has 0 saturated heterocycles. The number of amides is 1. The SMILES string of the molecule is COc1ccc(-c2csc(NC(=S)NC(=O)c3ccc(-c4ccc(Cl)cc4)o3)n2)cc1. The predicted molar refractivity (Wildman–Crippen MR) is 127 cm³/mol. The molecule has 2 heterocycles. The topological polar surface area (TPSA) is 76.4 Å². The molecule has 0 radical (unpaired) electrons. The smallest absolute Gasteiger partial charge is 0.293 e. The maximum atomic E-state index is 12.4. The van der Waals surface area contributed by atoms with E-state index >= 15 is 0 Å². The molecule has 156 valence electrons. The molecule has 0 atom stereocenters. The summed E-state index contributed by atoms with van der Waals surface area (Å²) in [7, 11) is 1.62. The van der Waals surface area contributed by atoms with Crippen molar-refractivity contribution >= 4 is 51.3 Å². The lowest BCUT2D eigenvalue weighted by Gasteiger charge is -2.05. The van der Waals surface area contributed by atoms with Gasteiger partial charge in [0.2, 0.25) is 0 Å². The summed E-state index contributed by atoms with van der Waals surface area (Å²) in [6.45, 7) is 0. The van der Waals surface area contributed by atoms with Crippen LogP contribution in [0.4, 0.5) is 5.13 Å². The Labute approximate surface area is 192 Å². The number of nitrogens with zero attached hydrogens (tertiary/aromatic N) is 1. The summed E-state index contributed by atoms with van der Waals surface area (Å²) in [6, 6.07) is 18.0. The van der Waals surface area contributed by atoms with Crippen LogP contribution in [-0.2, 0) is 0 Å². The first kappa shape index (κ1) is 21.0. The van der Waals surface area contributed by atoms with E-state index in [2.05, 4.69) is 15.6 Å². The summed E-state index contributed by atoms with van der Waals surface area (Å²) < 4.78 is 10.8. The Morgan fingerprint density at radius 3 is 2.48 bits per heavy atom. The molecule has 0 unspecified atom stereocenters. The highest BCUT2D eigenvalue weighted by atomic mass is 35.5. The maximum absolute atomic E-state index is 12.4. The number of carbonyl (C=O) groups excluding carboxylic acids is 1. The standard InChI is InChI=1S/C22H16ClN3O3S2/c1-28-16-8-4-13(5-9-16)17-12-31-22(24-17)26-21(30)25-20(27)19-11-10-18(29-19)14-2-6-15(23)7-3-14/h2-12H,1H3,(H2,24,25,26,27,30). The number of furan rings is 1. The van der Waals surface area contributed by atoms with Crippen molar-refractivity contribution in [2.45, 2.75) is 0 Å². The number of benzene rings is 2. The third-order valence-corrected chi connectivity index (χ3v) is 5.51. The average molecular weight is 470 g/mol. The fourth-order valence-corrected chi connectivity index (χ4v) is 3.85. The van der Waals surface area contributed by atoms with Crippen LogP contribution in [-0.4, -0.2) is 23.1 Å². The minimum atomic E-state index is -0.454. The largest absolute Gasteiger partial charge is 0.497 e. The van der Waals surface area contributed by atoms with Gasteiger partial charge in [0.05, 0.1) is 12.8 Å². The number of thiocarbonyl (C=S) groups is 1. The Hall–Kier alpha value is -3.20. The van der Waals surface area contributed by atoms with Gasteiger partial charge in [-0.15, -0.1) is 11.3 Å². The molecule has 4 aromatic rings. The summed E-state index contributed by atoms with van der Waals surface area (Å²) in [5, 5.41) is 8.75. The second-order valence-electron chi connectivity index (χ2n) is 6.35. The molecule has 2 N–H and O–H groups in total. The first-order valence-corrected chi connectivity index (χ1v) is 10.8. The first-order chi connectivity index (χ1) is 15.0. The van der Waals surface area contributed by atoms with Crippen LogP contribution in [0.3, 0.4) is 0 Å². The fourth-order valence-electron chi connectivity index (χ4n) is 2.75. The Balaban J connectivity index is 1.37. The molecule has 0 spiro atoms. The van der Waals surface area contributed by atoms with Gasteiger partial charge < -0.3 is 14.5 Å². The van der Waals surface area contributed by atoms with Crippen LogP contribution < -0.4 is 15.4 Å². The number of halogens is 1. The second kappa shape index (κ2) is 9.30. The lowest BCUT2D eigenvalue weighted by atomic mass is 10.2. The highest BCUT2D eigenvalue weighted by Crippen LogP contribution is 2.27. The maximum Gasteiger partial charge on any atom is 0.293 e. The number of aromatic nitrogens is 1. The molecule has 6 nitrogen and oxygen atoms in total. The molecule has 0 aliphatic heterocycles. The molecule has 31 heavy (non-hydrogen) atoms. The van der Waals surface area contributed by atoms with Gasteiger partial charge in [-0.2, -0.15) is 0 Å². The number of anilines is 1. The Morgan fingerprint density at radius 2 is 1.77 bits per heavy atom.